The van der Waals surface area contributed by atoms with E-state index in [-0.39, 0.29) is 22.7 Å². The fraction of sp³-hybridized carbons (Fsp3) is 0.381. The van der Waals surface area contributed by atoms with Gasteiger partial charge in [0, 0.05) is 12.6 Å². The fourth-order valence-electron chi connectivity index (χ4n) is 3.63. The lowest BCUT2D eigenvalue weighted by Gasteiger charge is -2.42. The molecule has 0 radical (unpaired) electrons. The molecule has 0 aliphatic carbocycles. The highest BCUT2D eigenvalue weighted by molar-refractivity contribution is 7.92. The smallest absolute Gasteiger partial charge is 0.229 e. The number of ether oxygens (including phenoxy) is 2. The van der Waals surface area contributed by atoms with Crippen LogP contribution < -0.4 is 14.8 Å². The molecular weight excluding hydrogens is 470 g/mol. The molecule has 1 aliphatic rings. The molecule has 1 amide bonds. The standard InChI is InChI=1S/C21H25N3O9S/c1-11(26)22-18-20(28)19(27)16(10-25)33-21(18)32-15-8-4-7-14(23-29)17(15)12-5-3-6-13(9-12)24-34(2,30)31/h3-9,16,18-21,24-25,27-28H,10H2,1-2H3,(H,22,26)/t16-,18-,19+,20-,21-/m1/s1. The van der Waals surface area contributed by atoms with Gasteiger partial charge in [0.1, 0.15) is 35.8 Å². The number of amides is 1. The van der Waals surface area contributed by atoms with E-state index >= 15 is 0 Å². The lowest BCUT2D eigenvalue weighted by Crippen LogP contribution is -2.65. The van der Waals surface area contributed by atoms with Gasteiger partial charge in [0.25, 0.3) is 0 Å². The van der Waals surface area contributed by atoms with Gasteiger partial charge in [0.15, 0.2) is 0 Å². The van der Waals surface area contributed by atoms with E-state index in [1.54, 1.807) is 12.1 Å². The molecule has 1 heterocycles. The molecule has 2 aromatic rings. The first-order valence-corrected chi connectivity index (χ1v) is 12.0. The number of benzene rings is 2. The molecule has 0 bridgehead atoms. The van der Waals surface area contributed by atoms with Crippen LogP contribution in [0, 0.1) is 4.91 Å². The first-order valence-electron chi connectivity index (χ1n) is 10.1. The van der Waals surface area contributed by atoms with E-state index in [4.69, 9.17) is 9.47 Å². The Morgan fingerprint density at radius 3 is 2.50 bits per heavy atom. The summed E-state index contributed by atoms with van der Waals surface area (Å²) in [5.41, 5.74) is 0.779. The molecular formula is C21H25N3O9S. The number of rotatable bonds is 8. The summed E-state index contributed by atoms with van der Waals surface area (Å²) >= 11 is 0. The third-order valence-electron chi connectivity index (χ3n) is 5.05. The molecule has 13 heteroatoms. The number of aliphatic hydroxyl groups excluding tert-OH is 3. The summed E-state index contributed by atoms with van der Waals surface area (Å²) in [6, 6.07) is 9.34. The van der Waals surface area contributed by atoms with Crippen molar-refractivity contribution in [1.29, 1.82) is 0 Å². The van der Waals surface area contributed by atoms with Gasteiger partial charge in [0.2, 0.25) is 22.2 Å². The first kappa shape index (κ1) is 25.5. The van der Waals surface area contributed by atoms with Crippen molar-refractivity contribution in [3.05, 3.63) is 47.4 Å². The maximum Gasteiger partial charge on any atom is 0.229 e. The average Bonchev–Trinajstić information content (AvgIpc) is 2.77. The van der Waals surface area contributed by atoms with Crippen LogP contribution in [-0.2, 0) is 19.6 Å². The monoisotopic (exact) mass is 495 g/mol. The number of hydrogen-bond donors (Lipinski definition) is 5. The minimum Gasteiger partial charge on any atom is -0.462 e. The number of hydrogen-bond acceptors (Lipinski definition) is 10. The number of nitrogens with one attached hydrogen (secondary N) is 2. The minimum absolute atomic E-state index is 0.0276. The van der Waals surface area contributed by atoms with Gasteiger partial charge in [-0.3, -0.25) is 9.52 Å². The highest BCUT2D eigenvalue weighted by Crippen LogP contribution is 2.40. The third-order valence-corrected chi connectivity index (χ3v) is 5.66. The summed E-state index contributed by atoms with van der Waals surface area (Å²) in [6.07, 6.45) is -4.60. The van der Waals surface area contributed by atoms with E-state index in [1.165, 1.54) is 37.3 Å². The van der Waals surface area contributed by atoms with E-state index in [2.05, 4.69) is 15.2 Å². The van der Waals surface area contributed by atoms with Gasteiger partial charge >= 0.3 is 0 Å². The zero-order chi connectivity index (χ0) is 25.0. The lowest BCUT2D eigenvalue weighted by molar-refractivity contribution is -0.244. The molecule has 12 nitrogen and oxygen atoms in total. The van der Waals surface area contributed by atoms with Gasteiger partial charge in [-0.1, -0.05) is 18.2 Å². The lowest BCUT2D eigenvalue weighted by atomic mass is 9.96. The molecule has 0 saturated carbocycles. The summed E-state index contributed by atoms with van der Waals surface area (Å²) in [6.45, 7) is 0.573. The highest BCUT2D eigenvalue weighted by atomic mass is 32.2. The van der Waals surface area contributed by atoms with Crippen molar-refractivity contribution in [3.8, 4) is 16.9 Å². The van der Waals surface area contributed by atoms with Gasteiger partial charge in [-0.25, -0.2) is 8.42 Å². The second-order valence-electron chi connectivity index (χ2n) is 7.75. The van der Waals surface area contributed by atoms with E-state index in [0.29, 0.717) is 5.56 Å². The van der Waals surface area contributed by atoms with Crippen molar-refractivity contribution in [2.75, 3.05) is 17.6 Å². The molecule has 5 atom stereocenters. The Morgan fingerprint density at radius 1 is 1.18 bits per heavy atom. The number of sulfonamides is 1. The van der Waals surface area contributed by atoms with Crippen LogP contribution in [0.2, 0.25) is 0 Å². The predicted octanol–water partition coefficient (Wildman–Crippen LogP) is 0.445. The maximum absolute atomic E-state index is 11.7. The van der Waals surface area contributed by atoms with Crippen molar-refractivity contribution in [1.82, 2.24) is 5.32 Å². The average molecular weight is 496 g/mol. The van der Waals surface area contributed by atoms with Gasteiger partial charge < -0.3 is 30.1 Å². The SMILES string of the molecule is CC(=O)N[C@H]1[C@H](Oc2cccc(N=O)c2-c2cccc(NS(C)(=O)=O)c2)O[C@H](CO)[C@H](O)[C@@H]1O. The largest absolute Gasteiger partial charge is 0.462 e. The number of anilines is 1. The summed E-state index contributed by atoms with van der Waals surface area (Å²) in [7, 11) is -3.57. The maximum atomic E-state index is 11.7. The number of carbonyl (C=O) groups is 1. The van der Waals surface area contributed by atoms with Crippen LogP contribution in [0.5, 0.6) is 5.75 Å². The predicted molar refractivity (Wildman–Crippen MR) is 122 cm³/mol. The third kappa shape index (κ3) is 5.87. The second-order valence-corrected chi connectivity index (χ2v) is 9.50. The van der Waals surface area contributed by atoms with E-state index in [0.717, 1.165) is 6.26 Å². The molecule has 0 spiro atoms. The molecule has 1 fully saturated rings. The van der Waals surface area contributed by atoms with E-state index in [9.17, 15) is 33.4 Å². The van der Waals surface area contributed by atoms with Crippen LogP contribution in [0.4, 0.5) is 11.4 Å². The van der Waals surface area contributed by atoms with Crippen molar-refractivity contribution in [2.24, 2.45) is 5.18 Å². The fourth-order valence-corrected chi connectivity index (χ4v) is 4.19. The molecule has 34 heavy (non-hydrogen) atoms. The number of nitroso groups, excluding NO2 is 1. The quantitative estimate of drug-likeness (QED) is 0.324. The summed E-state index contributed by atoms with van der Waals surface area (Å²) in [5, 5.41) is 35.7. The minimum atomic E-state index is -3.57. The highest BCUT2D eigenvalue weighted by Gasteiger charge is 2.46. The van der Waals surface area contributed by atoms with Crippen LogP contribution in [0.3, 0.4) is 0 Å². The number of aliphatic hydroxyl groups is 3. The summed E-state index contributed by atoms with van der Waals surface area (Å²) in [5.74, 6) is -0.465. The Morgan fingerprint density at radius 2 is 1.88 bits per heavy atom. The van der Waals surface area contributed by atoms with Crippen molar-refractivity contribution in [2.45, 2.75) is 37.6 Å². The summed E-state index contributed by atoms with van der Waals surface area (Å²) < 4.78 is 37.1. The Bertz CT molecular complexity index is 1160. The van der Waals surface area contributed by atoms with Gasteiger partial charge in [-0.05, 0) is 35.0 Å². The van der Waals surface area contributed by atoms with Crippen LogP contribution in [0.1, 0.15) is 6.92 Å². The Kier molecular flexibility index (Phi) is 7.84. The van der Waals surface area contributed by atoms with Crippen LogP contribution in [0.15, 0.2) is 47.6 Å². The van der Waals surface area contributed by atoms with Crippen molar-refractivity contribution < 1.29 is 38.0 Å². The van der Waals surface area contributed by atoms with Gasteiger partial charge in [-0.15, -0.1) is 4.91 Å². The molecule has 0 aromatic heterocycles. The van der Waals surface area contributed by atoms with E-state index in [1.807, 2.05) is 0 Å². The second kappa shape index (κ2) is 10.4. The van der Waals surface area contributed by atoms with Crippen molar-refractivity contribution in [3.63, 3.8) is 0 Å². The molecule has 2 aromatic carbocycles. The molecule has 5 N–H and O–H groups in total. The number of carbonyl (C=O) groups excluding carboxylic acids is 1. The van der Waals surface area contributed by atoms with Crippen LogP contribution >= 0.6 is 0 Å². The molecule has 1 aliphatic heterocycles. The molecule has 184 valence electrons. The first-order chi connectivity index (χ1) is 16.0. The topological polar surface area (TPSA) is 184 Å². The van der Waals surface area contributed by atoms with Crippen molar-refractivity contribution >= 4 is 27.3 Å². The zero-order valence-corrected chi connectivity index (χ0v) is 19.1. The van der Waals surface area contributed by atoms with Gasteiger partial charge in [-0.2, -0.15) is 0 Å². The number of nitrogens with zero attached hydrogens (tertiary/aromatic N) is 1. The van der Waals surface area contributed by atoms with Gasteiger partial charge in [0.05, 0.1) is 18.4 Å². The molecule has 3 rings (SSSR count). The Balaban J connectivity index is 2.04. The molecule has 0 unspecified atom stereocenters. The Labute approximate surface area is 195 Å². The van der Waals surface area contributed by atoms with Crippen LogP contribution in [-0.4, -0.2) is 73.2 Å². The zero-order valence-electron chi connectivity index (χ0n) is 18.3. The molecule has 1 saturated heterocycles. The summed E-state index contributed by atoms with van der Waals surface area (Å²) in [4.78, 5) is 23.2. The Hall–Kier alpha value is -3.10. The van der Waals surface area contributed by atoms with E-state index < -0.39 is 53.2 Å². The van der Waals surface area contributed by atoms with Crippen LogP contribution in [0.25, 0.3) is 11.1 Å². The normalized spacial score (nSPS) is 24.8.